The molecule has 0 aliphatic carbocycles. The van der Waals surface area contributed by atoms with Gasteiger partial charge in [0.25, 0.3) is 0 Å². The van der Waals surface area contributed by atoms with Gasteiger partial charge in [0.05, 0.1) is 5.69 Å². The summed E-state index contributed by atoms with van der Waals surface area (Å²) in [6.45, 7) is 8.63. The normalized spacial score (nSPS) is 15.8. The Morgan fingerprint density at radius 1 is 1.75 bits per heavy atom. The number of nitrogens with zero attached hydrogens (tertiary/aromatic N) is 1. The summed E-state index contributed by atoms with van der Waals surface area (Å²) in [7, 11) is 0. The van der Waals surface area contributed by atoms with E-state index in [-0.39, 0.29) is 11.7 Å². The summed E-state index contributed by atoms with van der Waals surface area (Å²) in [6.07, 6.45) is 1.25. The van der Waals surface area contributed by atoms with Crippen LogP contribution in [0.5, 0.6) is 0 Å². The van der Waals surface area contributed by atoms with Crippen molar-refractivity contribution < 1.29 is 5.89 Å². The maximum absolute atomic E-state index is 7.26. The fourth-order valence-corrected chi connectivity index (χ4v) is 1.25. The molecule has 0 aliphatic heterocycles. The van der Waals surface area contributed by atoms with E-state index in [0.717, 1.165) is 12.1 Å². The Balaban J connectivity index is 2.92. The molecule has 1 aromatic heterocycles. The molecular formula is C10H17NO. The van der Waals surface area contributed by atoms with Gasteiger partial charge in [-0.05, 0) is 5.92 Å². The highest BCUT2D eigenvalue weighted by Crippen LogP contribution is 2.31. The van der Waals surface area contributed by atoms with E-state index >= 15 is 0 Å². The molecular weight excluding hydrogens is 150 g/mol. The Labute approximate surface area is 75.4 Å². The van der Waals surface area contributed by atoms with Crippen molar-refractivity contribution in [2.75, 3.05) is 0 Å². The van der Waals surface area contributed by atoms with E-state index in [2.05, 4.69) is 32.9 Å². The van der Waals surface area contributed by atoms with Crippen LogP contribution in [0.15, 0.2) is 16.8 Å². The molecule has 1 aromatic rings. The molecule has 1 atom stereocenters. The largest absolute Gasteiger partial charge is 0.364 e. The Morgan fingerprint density at radius 2 is 2.42 bits per heavy atom. The highest BCUT2D eigenvalue weighted by Gasteiger charge is 2.28. The molecule has 68 valence electrons. The third-order valence-corrected chi connectivity index (χ3v) is 2.90. The van der Waals surface area contributed by atoms with E-state index in [9.17, 15) is 0 Å². The third kappa shape index (κ3) is 1.52. The van der Waals surface area contributed by atoms with Crippen LogP contribution in [0.25, 0.3) is 0 Å². The number of aromatic nitrogens is 1. The predicted molar refractivity (Wildman–Crippen MR) is 49.0 cm³/mol. The molecule has 0 fully saturated rings. The molecule has 0 saturated heterocycles. The van der Waals surface area contributed by atoms with Crippen molar-refractivity contribution in [1.82, 2.24) is 5.16 Å². The lowest BCUT2D eigenvalue weighted by atomic mass is 9.76. The van der Waals surface area contributed by atoms with Gasteiger partial charge in [0.1, 0.15) is 7.61 Å². The lowest BCUT2D eigenvalue weighted by Gasteiger charge is -2.28. The second-order valence-corrected chi connectivity index (χ2v) is 3.86. The quantitative estimate of drug-likeness (QED) is 0.693. The molecule has 0 amide bonds. The molecule has 0 bridgehead atoms. The highest BCUT2D eigenvalue weighted by molar-refractivity contribution is 5.11. The second-order valence-electron chi connectivity index (χ2n) is 3.86. The van der Waals surface area contributed by atoms with Gasteiger partial charge in [0.2, 0.25) is 0 Å². The Hall–Kier alpha value is -0.790. The molecule has 1 heterocycles. The van der Waals surface area contributed by atoms with Gasteiger partial charge in [-0.2, -0.15) is 0 Å². The lowest BCUT2D eigenvalue weighted by molar-refractivity contribution is 0.304. The van der Waals surface area contributed by atoms with Crippen molar-refractivity contribution >= 4 is 0 Å². The standard InChI is InChI=1S/C10H17NO/c1-5-8(2)10(3,4)9-6-7-12-11-9/h6-8H,5H2,1-4H3/i7D. The summed E-state index contributed by atoms with van der Waals surface area (Å²) >= 11 is 0. The van der Waals surface area contributed by atoms with E-state index < -0.39 is 0 Å². The Bertz CT molecular complexity index is 280. The average molecular weight is 168 g/mol. The van der Waals surface area contributed by atoms with Crippen LogP contribution in [0, 0.1) is 5.92 Å². The van der Waals surface area contributed by atoms with Crippen LogP contribution in [0.2, 0.25) is 0 Å². The van der Waals surface area contributed by atoms with Gasteiger partial charge >= 0.3 is 0 Å². The van der Waals surface area contributed by atoms with Gasteiger partial charge in [-0.1, -0.05) is 39.3 Å². The van der Waals surface area contributed by atoms with E-state index in [4.69, 9.17) is 5.89 Å². The van der Waals surface area contributed by atoms with Crippen molar-refractivity contribution in [3.05, 3.63) is 18.0 Å². The minimum Gasteiger partial charge on any atom is -0.364 e. The minimum atomic E-state index is -0.00243. The van der Waals surface area contributed by atoms with Crippen LogP contribution >= 0.6 is 0 Å². The summed E-state index contributed by atoms with van der Waals surface area (Å²) in [6, 6.07) is 1.70. The van der Waals surface area contributed by atoms with Gasteiger partial charge in [-0.3, -0.25) is 0 Å². The number of hydrogen-bond acceptors (Lipinski definition) is 2. The number of hydrogen-bond donors (Lipinski definition) is 0. The van der Waals surface area contributed by atoms with Crippen molar-refractivity contribution in [2.24, 2.45) is 5.92 Å². The molecule has 0 aromatic carbocycles. The van der Waals surface area contributed by atoms with Crippen LogP contribution in [0.3, 0.4) is 0 Å². The van der Waals surface area contributed by atoms with Crippen LogP contribution in [0.1, 0.15) is 41.2 Å². The van der Waals surface area contributed by atoms with Crippen molar-refractivity contribution in [1.29, 1.82) is 0 Å². The molecule has 1 unspecified atom stereocenters. The van der Waals surface area contributed by atoms with Crippen molar-refractivity contribution in [3.8, 4) is 0 Å². The molecule has 0 aliphatic rings. The van der Waals surface area contributed by atoms with E-state index in [1.807, 2.05) is 0 Å². The topological polar surface area (TPSA) is 26.0 Å². The van der Waals surface area contributed by atoms with Gasteiger partial charge in [-0.25, -0.2) is 0 Å². The van der Waals surface area contributed by atoms with Gasteiger partial charge in [0, 0.05) is 11.5 Å². The molecule has 0 N–H and O–H groups in total. The van der Waals surface area contributed by atoms with Crippen LogP contribution in [-0.2, 0) is 5.41 Å². The van der Waals surface area contributed by atoms with Crippen molar-refractivity contribution in [3.63, 3.8) is 0 Å². The van der Waals surface area contributed by atoms with E-state index in [0.29, 0.717) is 5.92 Å². The Morgan fingerprint density at radius 3 is 2.83 bits per heavy atom. The molecule has 0 radical (unpaired) electrons. The molecule has 12 heavy (non-hydrogen) atoms. The summed E-state index contributed by atoms with van der Waals surface area (Å²) in [5.41, 5.74) is 0.879. The molecule has 2 nitrogen and oxygen atoms in total. The molecule has 1 rings (SSSR count). The second kappa shape index (κ2) is 3.30. The van der Waals surface area contributed by atoms with Gasteiger partial charge in [0.15, 0.2) is 0 Å². The predicted octanol–water partition coefficient (Wildman–Crippen LogP) is 3.00. The minimum absolute atomic E-state index is 0.00243. The zero-order valence-electron chi connectivity index (χ0n) is 9.22. The summed E-state index contributed by atoms with van der Waals surface area (Å²) in [5, 5.41) is 3.89. The lowest BCUT2D eigenvalue weighted by Crippen LogP contribution is -2.26. The Kier molecular flexibility index (Phi) is 2.15. The number of rotatable bonds is 3. The highest BCUT2D eigenvalue weighted by atomic mass is 16.5. The average Bonchev–Trinajstić information content (AvgIpc) is 2.50. The maximum atomic E-state index is 7.26. The SMILES string of the molecule is [2H]c1cc(C(C)(C)C(C)CC)no1. The molecule has 0 spiro atoms. The first-order chi connectivity index (χ1) is 5.98. The summed E-state index contributed by atoms with van der Waals surface area (Å²) < 4.78 is 12.0. The fourth-order valence-electron chi connectivity index (χ4n) is 1.25. The summed E-state index contributed by atoms with van der Waals surface area (Å²) in [5.74, 6) is 0.539. The third-order valence-electron chi connectivity index (χ3n) is 2.90. The van der Waals surface area contributed by atoms with Crippen LogP contribution in [-0.4, -0.2) is 5.16 Å². The van der Waals surface area contributed by atoms with Gasteiger partial charge in [-0.15, -0.1) is 0 Å². The maximum Gasteiger partial charge on any atom is 0.124 e. The van der Waals surface area contributed by atoms with Gasteiger partial charge < -0.3 is 4.52 Å². The molecule has 0 saturated carbocycles. The van der Waals surface area contributed by atoms with E-state index in [1.54, 1.807) is 6.07 Å². The first-order valence-electron chi connectivity index (χ1n) is 4.92. The fraction of sp³-hybridized carbons (Fsp3) is 0.700. The first kappa shape index (κ1) is 7.84. The summed E-state index contributed by atoms with van der Waals surface area (Å²) in [4.78, 5) is 0. The van der Waals surface area contributed by atoms with E-state index in [1.165, 1.54) is 0 Å². The first-order valence-corrected chi connectivity index (χ1v) is 4.42. The van der Waals surface area contributed by atoms with Crippen LogP contribution < -0.4 is 0 Å². The molecule has 2 heteroatoms. The zero-order chi connectivity index (χ0) is 10.1. The smallest absolute Gasteiger partial charge is 0.124 e. The monoisotopic (exact) mass is 168 g/mol. The zero-order valence-corrected chi connectivity index (χ0v) is 8.22. The van der Waals surface area contributed by atoms with Crippen LogP contribution in [0.4, 0.5) is 0 Å². The van der Waals surface area contributed by atoms with Crippen molar-refractivity contribution in [2.45, 2.75) is 39.5 Å².